The van der Waals surface area contributed by atoms with Crippen molar-refractivity contribution in [3.8, 4) is 45.2 Å². The van der Waals surface area contributed by atoms with Crippen LogP contribution in [0.15, 0.2) is 143 Å². The highest BCUT2D eigenvalue weighted by molar-refractivity contribution is 6.23. The van der Waals surface area contributed by atoms with Crippen LogP contribution in [-0.4, -0.2) is 9.97 Å². The Morgan fingerprint density at radius 3 is 1.20 bits per heavy atom. The summed E-state index contributed by atoms with van der Waals surface area (Å²) in [7, 11) is 0. The van der Waals surface area contributed by atoms with E-state index in [1.165, 1.54) is 43.4 Å². The van der Waals surface area contributed by atoms with Gasteiger partial charge in [-0.3, -0.25) is 0 Å². The molecule has 0 aliphatic rings. The molecule has 188 valence electrons. The van der Waals surface area contributed by atoms with E-state index in [1.807, 2.05) is 0 Å². The van der Waals surface area contributed by atoms with E-state index in [0.29, 0.717) is 11.8 Å². The third kappa shape index (κ3) is 3.62. The number of hydrogen-bond acceptors (Lipinski definition) is 4. The first-order valence-electron chi connectivity index (χ1n) is 13.2. The van der Waals surface area contributed by atoms with Crippen LogP contribution in [0, 0.1) is 0 Å². The molecule has 0 unspecified atom stereocenters. The number of benzene rings is 6. The van der Waals surface area contributed by atoms with Crippen molar-refractivity contribution >= 4 is 32.3 Å². The minimum Gasteiger partial charge on any atom is -0.445 e. The molecule has 0 bridgehead atoms. The lowest BCUT2D eigenvalue weighted by atomic mass is 9.84. The largest absolute Gasteiger partial charge is 0.445 e. The number of nitrogens with zero attached hydrogens (tertiary/aromatic N) is 2. The zero-order chi connectivity index (χ0) is 26.5. The second-order valence-electron chi connectivity index (χ2n) is 9.87. The first-order valence-corrected chi connectivity index (χ1v) is 13.2. The van der Waals surface area contributed by atoms with Crippen LogP contribution in [0.4, 0.5) is 0 Å². The van der Waals surface area contributed by atoms with Gasteiger partial charge in [-0.2, -0.15) is 0 Å². The van der Waals surface area contributed by atoms with Gasteiger partial charge in [0.05, 0.1) is 12.4 Å². The Balaban J connectivity index is 1.43. The molecule has 0 fully saturated rings. The van der Waals surface area contributed by atoms with Crippen LogP contribution in [0.3, 0.4) is 0 Å². The molecular formula is C36H22N2O2. The molecule has 0 saturated carbocycles. The van der Waals surface area contributed by atoms with Crippen molar-refractivity contribution in [3.05, 3.63) is 134 Å². The Hall–Kier alpha value is -5.48. The molecule has 0 aliphatic carbocycles. The monoisotopic (exact) mass is 514 g/mol. The van der Waals surface area contributed by atoms with Crippen molar-refractivity contribution in [1.29, 1.82) is 0 Å². The summed E-state index contributed by atoms with van der Waals surface area (Å²) in [6.45, 7) is 0. The molecule has 6 aromatic carbocycles. The van der Waals surface area contributed by atoms with Crippen molar-refractivity contribution in [2.45, 2.75) is 0 Å². The summed E-state index contributed by atoms with van der Waals surface area (Å²) in [5.74, 6) is 1.24. The quantitative estimate of drug-likeness (QED) is 0.219. The zero-order valence-electron chi connectivity index (χ0n) is 21.4. The van der Waals surface area contributed by atoms with E-state index in [9.17, 15) is 0 Å². The van der Waals surface area contributed by atoms with Gasteiger partial charge in [0.15, 0.2) is 0 Å². The molecule has 2 aromatic heterocycles. The Morgan fingerprint density at radius 1 is 0.400 bits per heavy atom. The lowest BCUT2D eigenvalue weighted by molar-refractivity contribution is 0.574. The van der Waals surface area contributed by atoms with Gasteiger partial charge >= 0.3 is 0 Å². The van der Waals surface area contributed by atoms with Crippen LogP contribution >= 0.6 is 0 Å². The molecule has 4 heteroatoms. The number of hydrogen-bond donors (Lipinski definition) is 0. The molecule has 0 saturated heterocycles. The van der Waals surface area contributed by atoms with Crippen LogP contribution in [0.25, 0.3) is 77.5 Å². The molecule has 0 N–H and O–H groups in total. The minimum absolute atomic E-state index is 0.621. The SMILES string of the molecule is c1ccc2cc3c(-c4ccc(-c5ncco5)cc4)c4ccccc4c(-c4ccc(-c5ncco5)cc4)c3cc2c1. The number of aromatic nitrogens is 2. The molecule has 40 heavy (non-hydrogen) atoms. The molecule has 2 heterocycles. The van der Waals surface area contributed by atoms with Gasteiger partial charge in [-0.15, -0.1) is 0 Å². The molecule has 0 atom stereocenters. The molecule has 0 amide bonds. The molecule has 8 rings (SSSR count). The summed E-state index contributed by atoms with van der Waals surface area (Å²) >= 11 is 0. The van der Waals surface area contributed by atoms with Crippen molar-refractivity contribution < 1.29 is 8.83 Å². The topological polar surface area (TPSA) is 52.1 Å². The van der Waals surface area contributed by atoms with Gasteiger partial charge in [0.2, 0.25) is 11.8 Å². The van der Waals surface area contributed by atoms with E-state index in [0.717, 1.165) is 22.3 Å². The fraction of sp³-hybridized carbons (Fsp3) is 0. The number of oxazole rings is 2. The van der Waals surface area contributed by atoms with E-state index >= 15 is 0 Å². The van der Waals surface area contributed by atoms with Gasteiger partial charge < -0.3 is 8.83 Å². The Kier molecular flexibility index (Phi) is 5.10. The van der Waals surface area contributed by atoms with Crippen LogP contribution in [0.5, 0.6) is 0 Å². The molecule has 0 radical (unpaired) electrons. The highest BCUT2D eigenvalue weighted by Crippen LogP contribution is 2.45. The summed E-state index contributed by atoms with van der Waals surface area (Å²) in [6, 6.07) is 38.9. The van der Waals surface area contributed by atoms with Crippen molar-refractivity contribution in [2.75, 3.05) is 0 Å². The van der Waals surface area contributed by atoms with Gasteiger partial charge in [0.1, 0.15) is 12.5 Å². The third-order valence-electron chi connectivity index (χ3n) is 7.60. The number of rotatable bonds is 4. The standard InChI is InChI=1S/C36H22N2O2/c1-2-6-28-22-32-31(21-27(28)5-1)33(23-9-13-25(14-10-23)35-37-17-19-39-35)29-7-3-4-8-30(29)34(32)24-11-15-26(16-12-24)36-38-18-20-40-36/h1-22H. The van der Waals surface area contributed by atoms with Crippen molar-refractivity contribution in [1.82, 2.24) is 9.97 Å². The second kappa shape index (κ2) is 9.07. The first kappa shape index (κ1) is 22.5. The molecule has 4 nitrogen and oxygen atoms in total. The average molecular weight is 515 g/mol. The van der Waals surface area contributed by atoms with Crippen molar-refractivity contribution in [3.63, 3.8) is 0 Å². The highest BCUT2D eigenvalue weighted by atomic mass is 16.3. The summed E-state index contributed by atoms with van der Waals surface area (Å²) in [5.41, 5.74) is 6.65. The minimum atomic E-state index is 0.621. The fourth-order valence-electron chi connectivity index (χ4n) is 5.78. The maximum absolute atomic E-state index is 5.53. The van der Waals surface area contributed by atoms with Crippen molar-refractivity contribution in [2.24, 2.45) is 0 Å². The van der Waals surface area contributed by atoms with Gasteiger partial charge in [0, 0.05) is 11.1 Å². The van der Waals surface area contributed by atoms with E-state index in [1.54, 1.807) is 24.9 Å². The summed E-state index contributed by atoms with van der Waals surface area (Å²) in [4.78, 5) is 8.63. The Bertz CT molecular complexity index is 1970. The van der Waals surface area contributed by atoms with Gasteiger partial charge in [-0.05, 0) is 91.0 Å². The van der Waals surface area contributed by atoms with Crippen LogP contribution in [0.1, 0.15) is 0 Å². The number of fused-ring (bicyclic) bond motifs is 3. The predicted octanol–water partition coefficient (Wildman–Crippen LogP) is 9.79. The Labute approximate surface area is 230 Å². The predicted molar refractivity (Wildman–Crippen MR) is 161 cm³/mol. The van der Waals surface area contributed by atoms with E-state index in [-0.39, 0.29) is 0 Å². The summed E-state index contributed by atoms with van der Waals surface area (Å²) in [6.07, 6.45) is 6.55. The van der Waals surface area contributed by atoms with Crippen LogP contribution in [-0.2, 0) is 0 Å². The van der Waals surface area contributed by atoms with Crippen LogP contribution in [0.2, 0.25) is 0 Å². The lowest BCUT2D eigenvalue weighted by Gasteiger charge is -2.19. The van der Waals surface area contributed by atoms with Gasteiger partial charge in [-0.1, -0.05) is 72.8 Å². The smallest absolute Gasteiger partial charge is 0.225 e. The van der Waals surface area contributed by atoms with Gasteiger partial charge in [0.25, 0.3) is 0 Å². The Morgan fingerprint density at radius 2 is 0.800 bits per heavy atom. The third-order valence-corrected chi connectivity index (χ3v) is 7.60. The summed E-state index contributed by atoms with van der Waals surface area (Å²) in [5, 5.41) is 7.28. The fourth-order valence-corrected chi connectivity index (χ4v) is 5.78. The van der Waals surface area contributed by atoms with Crippen LogP contribution < -0.4 is 0 Å². The molecule has 0 aliphatic heterocycles. The second-order valence-corrected chi connectivity index (χ2v) is 9.87. The summed E-state index contributed by atoms with van der Waals surface area (Å²) < 4.78 is 11.1. The maximum Gasteiger partial charge on any atom is 0.225 e. The molecular weight excluding hydrogens is 492 g/mol. The first-order chi connectivity index (χ1) is 19.8. The highest BCUT2D eigenvalue weighted by Gasteiger charge is 2.18. The van der Waals surface area contributed by atoms with E-state index in [2.05, 4.69) is 119 Å². The van der Waals surface area contributed by atoms with E-state index < -0.39 is 0 Å². The normalized spacial score (nSPS) is 11.5. The zero-order valence-corrected chi connectivity index (χ0v) is 21.4. The average Bonchev–Trinajstić information content (AvgIpc) is 3.75. The molecule has 0 spiro atoms. The van der Waals surface area contributed by atoms with E-state index in [4.69, 9.17) is 8.83 Å². The lowest BCUT2D eigenvalue weighted by Crippen LogP contribution is -1.92. The van der Waals surface area contributed by atoms with Gasteiger partial charge in [-0.25, -0.2) is 9.97 Å². The molecule has 8 aromatic rings. The maximum atomic E-state index is 5.53.